The van der Waals surface area contributed by atoms with Gasteiger partial charge in [0, 0.05) is 20.3 Å². The SMILES string of the molecule is COCCCC(N)C(=O)NCC(=O)NCC(C)C. The molecule has 0 heterocycles. The molecule has 0 aromatic heterocycles. The second-order valence-electron chi connectivity index (χ2n) is 4.66. The Hall–Kier alpha value is -1.14. The number of nitrogens with two attached hydrogens (primary N) is 1. The van der Waals surface area contributed by atoms with Gasteiger partial charge in [-0.05, 0) is 18.8 Å². The van der Waals surface area contributed by atoms with E-state index >= 15 is 0 Å². The van der Waals surface area contributed by atoms with Gasteiger partial charge in [0.2, 0.25) is 11.8 Å². The summed E-state index contributed by atoms with van der Waals surface area (Å²) in [6.07, 6.45) is 1.28. The lowest BCUT2D eigenvalue weighted by molar-refractivity contribution is -0.127. The minimum absolute atomic E-state index is 0.0243. The van der Waals surface area contributed by atoms with Crippen LogP contribution in [-0.4, -0.2) is 44.7 Å². The van der Waals surface area contributed by atoms with E-state index in [4.69, 9.17) is 10.5 Å². The third kappa shape index (κ3) is 8.95. The fourth-order valence-electron chi connectivity index (χ4n) is 1.26. The number of nitrogens with one attached hydrogen (secondary N) is 2. The van der Waals surface area contributed by atoms with E-state index in [0.29, 0.717) is 25.5 Å². The Labute approximate surface area is 109 Å². The quantitative estimate of drug-likeness (QED) is 0.492. The topological polar surface area (TPSA) is 93.4 Å². The third-order valence-electron chi connectivity index (χ3n) is 2.33. The number of carbonyl (C=O) groups is 2. The van der Waals surface area contributed by atoms with Gasteiger partial charge in [0.25, 0.3) is 0 Å². The lowest BCUT2D eigenvalue weighted by atomic mass is 10.1. The highest BCUT2D eigenvalue weighted by Gasteiger charge is 2.13. The van der Waals surface area contributed by atoms with E-state index in [2.05, 4.69) is 10.6 Å². The molecule has 0 aliphatic carbocycles. The second kappa shape index (κ2) is 9.85. The zero-order valence-corrected chi connectivity index (χ0v) is 11.5. The zero-order chi connectivity index (χ0) is 14.0. The maximum Gasteiger partial charge on any atom is 0.239 e. The van der Waals surface area contributed by atoms with Crippen LogP contribution in [0.4, 0.5) is 0 Å². The van der Waals surface area contributed by atoms with Gasteiger partial charge in [0.1, 0.15) is 0 Å². The molecule has 0 bridgehead atoms. The number of carbonyl (C=O) groups excluding carboxylic acids is 2. The Bertz CT molecular complexity index is 257. The molecule has 6 heteroatoms. The van der Waals surface area contributed by atoms with Crippen molar-refractivity contribution in [1.82, 2.24) is 10.6 Å². The first-order valence-corrected chi connectivity index (χ1v) is 6.26. The molecule has 6 nitrogen and oxygen atoms in total. The number of hydrogen-bond acceptors (Lipinski definition) is 4. The van der Waals surface area contributed by atoms with E-state index in [9.17, 15) is 9.59 Å². The van der Waals surface area contributed by atoms with Gasteiger partial charge >= 0.3 is 0 Å². The van der Waals surface area contributed by atoms with Crippen molar-refractivity contribution in [2.75, 3.05) is 26.8 Å². The molecule has 0 saturated heterocycles. The molecule has 0 aromatic carbocycles. The van der Waals surface area contributed by atoms with Crippen molar-refractivity contribution in [2.45, 2.75) is 32.7 Å². The molecule has 4 N–H and O–H groups in total. The van der Waals surface area contributed by atoms with Gasteiger partial charge in [-0.3, -0.25) is 9.59 Å². The predicted octanol–water partition coefficient (Wildman–Crippen LogP) is -0.371. The maximum absolute atomic E-state index is 11.5. The summed E-state index contributed by atoms with van der Waals surface area (Å²) in [6, 6.07) is -0.585. The van der Waals surface area contributed by atoms with E-state index in [0.717, 1.165) is 6.42 Å². The molecule has 18 heavy (non-hydrogen) atoms. The fraction of sp³-hybridized carbons (Fsp3) is 0.833. The zero-order valence-electron chi connectivity index (χ0n) is 11.5. The summed E-state index contributed by atoms with van der Waals surface area (Å²) >= 11 is 0. The normalized spacial score (nSPS) is 12.3. The molecular weight excluding hydrogens is 234 g/mol. The van der Waals surface area contributed by atoms with Crippen molar-refractivity contribution in [1.29, 1.82) is 0 Å². The van der Waals surface area contributed by atoms with Crippen LogP contribution in [0.5, 0.6) is 0 Å². The molecule has 106 valence electrons. The van der Waals surface area contributed by atoms with Crippen molar-refractivity contribution in [3.63, 3.8) is 0 Å². The summed E-state index contributed by atoms with van der Waals surface area (Å²) in [5.74, 6) is -0.104. The van der Waals surface area contributed by atoms with Crippen molar-refractivity contribution >= 4 is 11.8 Å². The van der Waals surface area contributed by atoms with Crippen molar-refractivity contribution in [3.05, 3.63) is 0 Å². The summed E-state index contributed by atoms with van der Waals surface area (Å²) in [4.78, 5) is 22.9. The highest BCUT2D eigenvalue weighted by Crippen LogP contribution is 1.94. The molecule has 0 aliphatic rings. The molecular formula is C12H25N3O3. The van der Waals surface area contributed by atoms with Crippen molar-refractivity contribution in [2.24, 2.45) is 11.7 Å². The Morgan fingerprint density at radius 2 is 1.94 bits per heavy atom. The fourth-order valence-corrected chi connectivity index (χ4v) is 1.26. The van der Waals surface area contributed by atoms with Crippen LogP contribution in [0, 0.1) is 5.92 Å². The van der Waals surface area contributed by atoms with Crippen LogP contribution < -0.4 is 16.4 Å². The Balaban J connectivity index is 3.70. The number of ether oxygens (including phenoxy) is 1. The van der Waals surface area contributed by atoms with E-state index in [-0.39, 0.29) is 18.4 Å². The molecule has 0 spiro atoms. The van der Waals surface area contributed by atoms with Crippen LogP contribution in [0.3, 0.4) is 0 Å². The number of hydrogen-bond donors (Lipinski definition) is 3. The highest BCUT2D eigenvalue weighted by atomic mass is 16.5. The summed E-state index contributed by atoms with van der Waals surface area (Å²) in [5, 5.41) is 5.23. The summed E-state index contributed by atoms with van der Waals surface area (Å²) < 4.78 is 4.87. The molecule has 0 radical (unpaired) electrons. The Morgan fingerprint density at radius 1 is 1.28 bits per heavy atom. The smallest absolute Gasteiger partial charge is 0.239 e. The van der Waals surface area contributed by atoms with Gasteiger partial charge in [0.15, 0.2) is 0 Å². The monoisotopic (exact) mass is 259 g/mol. The van der Waals surface area contributed by atoms with Gasteiger partial charge in [-0.1, -0.05) is 13.8 Å². The first-order valence-electron chi connectivity index (χ1n) is 6.26. The highest BCUT2D eigenvalue weighted by molar-refractivity contribution is 5.87. The standard InChI is InChI=1S/C12H25N3O3/c1-9(2)7-14-11(16)8-15-12(17)10(13)5-4-6-18-3/h9-10H,4-8,13H2,1-3H3,(H,14,16)(H,15,17). The molecule has 2 amide bonds. The lowest BCUT2D eigenvalue weighted by Gasteiger charge is -2.12. The van der Waals surface area contributed by atoms with Crippen LogP contribution in [0.1, 0.15) is 26.7 Å². The molecule has 0 fully saturated rings. The minimum atomic E-state index is -0.585. The number of rotatable bonds is 9. The first kappa shape index (κ1) is 16.9. The van der Waals surface area contributed by atoms with E-state index in [1.165, 1.54) is 0 Å². The van der Waals surface area contributed by atoms with E-state index in [1.54, 1.807) is 7.11 Å². The van der Waals surface area contributed by atoms with Crippen LogP contribution in [0.25, 0.3) is 0 Å². The largest absolute Gasteiger partial charge is 0.385 e. The van der Waals surface area contributed by atoms with Crippen LogP contribution in [-0.2, 0) is 14.3 Å². The predicted molar refractivity (Wildman–Crippen MR) is 69.9 cm³/mol. The Kier molecular flexibility index (Phi) is 9.22. The average molecular weight is 259 g/mol. The lowest BCUT2D eigenvalue weighted by Crippen LogP contribution is -2.45. The van der Waals surface area contributed by atoms with Crippen LogP contribution in [0.15, 0.2) is 0 Å². The van der Waals surface area contributed by atoms with Crippen molar-refractivity contribution in [3.8, 4) is 0 Å². The van der Waals surface area contributed by atoms with E-state index in [1.807, 2.05) is 13.8 Å². The Morgan fingerprint density at radius 3 is 2.50 bits per heavy atom. The maximum atomic E-state index is 11.5. The second-order valence-corrected chi connectivity index (χ2v) is 4.66. The third-order valence-corrected chi connectivity index (χ3v) is 2.33. The number of amides is 2. The van der Waals surface area contributed by atoms with E-state index < -0.39 is 6.04 Å². The summed E-state index contributed by atoms with van der Waals surface area (Å²) in [5.41, 5.74) is 5.67. The molecule has 0 saturated carbocycles. The first-order chi connectivity index (χ1) is 8.47. The number of methoxy groups -OCH3 is 1. The molecule has 1 atom stereocenters. The summed E-state index contributed by atoms with van der Waals surface area (Å²) in [6.45, 7) is 5.17. The molecule has 0 aliphatic heterocycles. The van der Waals surface area contributed by atoms with Crippen molar-refractivity contribution < 1.29 is 14.3 Å². The van der Waals surface area contributed by atoms with Gasteiger partial charge in [-0.15, -0.1) is 0 Å². The molecule has 0 aromatic rings. The average Bonchev–Trinajstić information content (AvgIpc) is 2.33. The van der Waals surface area contributed by atoms with Gasteiger partial charge in [0.05, 0.1) is 12.6 Å². The van der Waals surface area contributed by atoms with Gasteiger partial charge < -0.3 is 21.1 Å². The molecule has 0 rings (SSSR count). The molecule has 1 unspecified atom stereocenters. The summed E-state index contributed by atoms with van der Waals surface area (Å²) in [7, 11) is 1.60. The minimum Gasteiger partial charge on any atom is -0.385 e. The van der Waals surface area contributed by atoms with Crippen LogP contribution >= 0.6 is 0 Å². The van der Waals surface area contributed by atoms with Gasteiger partial charge in [-0.25, -0.2) is 0 Å². The van der Waals surface area contributed by atoms with Gasteiger partial charge in [-0.2, -0.15) is 0 Å². The van der Waals surface area contributed by atoms with Crippen LogP contribution in [0.2, 0.25) is 0 Å².